The lowest BCUT2D eigenvalue weighted by Gasteiger charge is -2.20. The second kappa shape index (κ2) is 6.06. The topological polar surface area (TPSA) is 41.6 Å². The molecule has 1 aromatic rings. The second-order valence-electron chi connectivity index (χ2n) is 5.08. The van der Waals surface area contributed by atoms with Gasteiger partial charge in [0.1, 0.15) is 5.75 Å². The first-order chi connectivity index (χ1) is 9.13. The maximum atomic E-state index is 11.9. The minimum absolute atomic E-state index is 0.0905. The highest BCUT2D eigenvalue weighted by Crippen LogP contribution is 2.26. The molecule has 0 unspecified atom stereocenters. The Balaban J connectivity index is 1.89. The number of nitrogens with one attached hydrogen (secondary N) is 1. The Morgan fingerprint density at radius 1 is 1.47 bits per heavy atom. The highest BCUT2D eigenvalue weighted by atomic mass is 16.5. The predicted molar refractivity (Wildman–Crippen MR) is 75.2 cm³/mol. The van der Waals surface area contributed by atoms with Gasteiger partial charge in [0.05, 0.1) is 13.7 Å². The van der Waals surface area contributed by atoms with E-state index in [0.29, 0.717) is 12.6 Å². The maximum Gasteiger partial charge on any atom is 0.236 e. The van der Waals surface area contributed by atoms with Crippen LogP contribution in [0.5, 0.6) is 5.75 Å². The first-order valence-corrected chi connectivity index (χ1v) is 6.75. The highest BCUT2D eigenvalue weighted by molar-refractivity contribution is 5.78. The molecular weight excluding hydrogens is 240 g/mol. The molecule has 1 aromatic carbocycles. The molecule has 4 nitrogen and oxygen atoms in total. The van der Waals surface area contributed by atoms with Crippen molar-refractivity contribution in [3.8, 4) is 5.75 Å². The predicted octanol–water partition coefficient (Wildman–Crippen LogP) is 1.97. The Bertz CT molecular complexity index is 444. The summed E-state index contributed by atoms with van der Waals surface area (Å²) in [5, 5.41) is 3.27. The van der Waals surface area contributed by atoms with Gasteiger partial charge in [0, 0.05) is 24.7 Å². The zero-order valence-electron chi connectivity index (χ0n) is 11.8. The fourth-order valence-corrected chi connectivity index (χ4v) is 2.16. The van der Waals surface area contributed by atoms with E-state index in [9.17, 15) is 4.79 Å². The summed E-state index contributed by atoms with van der Waals surface area (Å²) < 4.78 is 5.33. The lowest BCUT2D eigenvalue weighted by molar-refractivity contribution is -0.129. The number of amides is 1. The van der Waals surface area contributed by atoms with Crippen molar-refractivity contribution in [1.82, 2.24) is 10.2 Å². The average molecular weight is 262 g/mol. The Morgan fingerprint density at radius 3 is 2.79 bits per heavy atom. The van der Waals surface area contributed by atoms with Crippen LogP contribution in [0.1, 0.15) is 31.4 Å². The molecule has 1 N–H and O–H groups in total. The van der Waals surface area contributed by atoms with Gasteiger partial charge in [-0.3, -0.25) is 4.79 Å². The Kier molecular flexibility index (Phi) is 4.43. The molecule has 1 fully saturated rings. The third-order valence-electron chi connectivity index (χ3n) is 3.65. The molecule has 0 aromatic heterocycles. The molecule has 1 aliphatic rings. The van der Waals surface area contributed by atoms with Gasteiger partial charge in [-0.2, -0.15) is 0 Å². The fourth-order valence-electron chi connectivity index (χ4n) is 2.16. The molecule has 0 heterocycles. The van der Waals surface area contributed by atoms with E-state index in [1.807, 2.05) is 43.1 Å². The number of likely N-dealkylation sites (N-methyl/N-ethyl adjacent to an activating group) is 1. The van der Waals surface area contributed by atoms with Crippen LogP contribution in [0.4, 0.5) is 0 Å². The smallest absolute Gasteiger partial charge is 0.236 e. The Morgan fingerprint density at radius 2 is 2.16 bits per heavy atom. The number of carbonyl (C=O) groups excluding carboxylic acids is 1. The van der Waals surface area contributed by atoms with Crippen molar-refractivity contribution in [2.45, 2.75) is 31.8 Å². The molecular formula is C15H22N2O2. The monoisotopic (exact) mass is 262 g/mol. The van der Waals surface area contributed by atoms with E-state index >= 15 is 0 Å². The zero-order chi connectivity index (χ0) is 13.8. The van der Waals surface area contributed by atoms with E-state index in [0.717, 1.165) is 24.2 Å². The zero-order valence-corrected chi connectivity index (χ0v) is 11.8. The van der Waals surface area contributed by atoms with E-state index in [2.05, 4.69) is 5.32 Å². The highest BCUT2D eigenvalue weighted by Gasteiger charge is 2.29. The van der Waals surface area contributed by atoms with Crippen molar-refractivity contribution in [1.29, 1.82) is 0 Å². The molecule has 1 atom stereocenters. The maximum absolute atomic E-state index is 11.9. The number of methoxy groups -OCH3 is 1. The van der Waals surface area contributed by atoms with Gasteiger partial charge in [0.25, 0.3) is 0 Å². The first kappa shape index (κ1) is 13.9. The SMILES string of the molecule is COc1ccccc1[C@@H](C)NCC(=O)N(C)C1CC1. The van der Waals surface area contributed by atoms with Crippen molar-refractivity contribution in [2.75, 3.05) is 20.7 Å². The van der Waals surface area contributed by atoms with Crippen molar-refractivity contribution >= 4 is 5.91 Å². The standard InChI is InChI=1S/C15H22N2O2/c1-11(13-6-4-5-7-14(13)19-3)16-10-15(18)17(2)12-8-9-12/h4-7,11-12,16H,8-10H2,1-3H3/t11-/m1/s1. The van der Waals surface area contributed by atoms with Crippen LogP contribution >= 0.6 is 0 Å². The van der Waals surface area contributed by atoms with Gasteiger partial charge in [0.2, 0.25) is 5.91 Å². The summed E-state index contributed by atoms with van der Waals surface area (Å²) in [5.74, 6) is 1.01. The number of hydrogen-bond donors (Lipinski definition) is 1. The van der Waals surface area contributed by atoms with Gasteiger partial charge in [-0.25, -0.2) is 0 Å². The van der Waals surface area contributed by atoms with Crippen LogP contribution in [-0.4, -0.2) is 37.6 Å². The van der Waals surface area contributed by atoms with Crippen LogP contribution < -0.4 is 10.1 Å². The first-order valence-electron chi connectivity index (χ1n) is 6.75. The molecule has 1 aliphatic carbocycles. The minimum Gasteiger partial charge on any atom is -0.496 e. The number of nitrogens with zero attached hydrogens (tertiary/aromatic N) is 1. The molecule has 104 valence electrons. The van der Waals surface area contributed by atoms with Gasteiger partial charge >= 0.3 is 0 Å². The van der Waals surface area contributed by atoms with Crippen LogP contribution in [0.25, 0.3) is 0 Å². The van der Waals surface area contributed by atoms with E-state index in [-0.39, 0.29) is 11.9 Å². The van der Waals surface area contributed by atoms with Gasteiger partial charge in [-0.15, -0.1) is 0 Å². The summed E-state index contributed by atoms with van der Waals surface area (Å²) in [6.07, 6.45) is 2.29. The Hall–Kier alpha value is -1.55. The molecule has 1 amide bonds. The summed E-state index contributed by atoms with van der Waals surface area (Å²) in [4.78, 5) is 13.8. The summed E-state index contributed by atoms with van der Waals surface area (Å²) in [6.45, 7) is 2.41. The molecule has 1 saturated carbocycles. The number of rotatable bonds is 6. The molecule has 4 heteroatoms. The number of ether oxygens (including phenoxy) is 1. The largest absolute Gasteiger partial charge is 0.496 e. The number of benzene rings is 1. The van der Waals surface area contributed by atoms with Crippen molar-refractivity contribution < 1.29 is 9.53 Å². The quantitative estimate of drug-likeness (QED) is 0.852. The third-order valence-corrected chi connectivity index (χ3v) is 3.65. The molecule has 0 radical (unpaired) electrons. The lowest BCUT2D eigenvalue weighted by atomic mass is 10.1. The van der Waals surface area contributed by atoms with Gasteiger partial charge in [-0.1, -0.05) is 18.2 Å². The molecule has 19 heavy (non-hydrogen) atoms. The molecule has 0 bridgehead atoms. The van der Waals surface area contributed by atoms with E-state index in [1.165, 1.54) is 0 Å². The summed E-state index contributed by atoms with van der Waals surface area (Å²) in [6, 6.07) is 8.44. The van der Waals surface area contributed by atoms with Crippen molar-refractivity contribution in [2.24, 2.45) is 0 Å². The van der Waals surface area contributed by atoms with Crippen LogP contribution in [0.3, 0.4) is 0 Å². The summed E-state index contributed by atoms with van der Waals surface area (Å²) in [5.41, 5.74) is 1.08. The van der Waals surface area contributed by atoms with E-state index < -0.39 is 0 Å². The molecule has 0 saturated heterocycles. The normalized spacial score (nSPS) is 15.9. The lowest BCUT2D eigenvalue weighted by Crippen LogP contribution is -2.37. The molecule has 0 aliphatic heterocycles. The van der Waals surface area contributed by atoms with Gasteiger partial charge < -0.3 is 15.0 Å². The van der Waals surface area contributed by atoms with E-state index in [1.54, 1.807) is 7.11 Å². The number of para-hydroxylation sites is 1. The average Bonchev–Trinajstić information content (AvgIpc) is 3.28. The minimum atomic E-state index is 0.0905. The van der Waals surface area contributed by atoms with Crippen LogP contribution in [-0.2, 0) is 4.79 Å². The number of carbonyl (C=O) groups is 1. The molecule has 2 rings (SSSR count). The Labute approximate surface area is 114 Å². The van der Waals surface area contributed by atoms with Gasteiger partial charge in [-0.05, 0) is 25.8 Å². The third kappa shape index (κ3) is 3.47. The fraction of sp³-hybridized carbons (Fsp3) is 0.533. The number of hydrogen-bond acceptors (Lipinski definition) is 3. The van der Waals surface area contributed by atoms with Crippen LogP contribution in [0.2, 0.25) is 0 Å². The summed E-state index contributed by atoms with van der Waals surface area (Å²) in [7, 11) is 3.55. The van der Waals surface area contributed by atoms with E-state index in [4.69, 9.17) is 4.74 Å². The molecule has 0 spiro atoms. The van der Waals surface area contributed by atoms with Crippen LogP contribution in [0, 0.1) is 0 Å². The second-order valence-corrected chi connectivity index (χ2v) is 5.08. The van der Waals surface area contributed by atoms with Crippen molar-refractivity contribution in [3.63, 3.8) is 0 Å². The van der Waals surface area contributed by atoms with Crippen LogP contribution in [0.15, 0.2) is 24.3 Å². The van der Waals surface area contributed by atoms with Crippen molar-refractivity contribution in [3.05, 3.63) is 29.8 Å². The van der Waals surface area contributed by atoms with Gasteiger partial charge in [0.15, 0.2) is 0 Å². The summed E-state index contributed by atoms with van der Waals surface area (Å²) >= 11 is 0.